The molecule has 1 aliphatic rings. The molecule has 1 aliphatic heterocycles. The molecule has 0 aromatic carbocycles. The van der Waals surface area contributed by atoms with Crippen LogP contribution in [0.2, 0.25) is 0 Å². The third kappa shape index (κ3) is 3.44. The van der Waals surface area contributed by atoms with Gasteiger partial charge in [-0.05, 0) is 19.8 Å². The highest BCUT2D eigenvalue weighted by molar-refractivity contribution is 7.86. The summed E-state index contributed by atoms with van der Waals surface area (Å²) in [6.45, 7) is 2.55. The van der Waals surface area contributed by atoms with Crippen LogP contribution >= 0.6 is 0 Å². The van der Waals surface area contributed by atoms with Crippen molar-refractivity contribution in [3.8, 4) is 0 Å². The Morgan fingerprint density at radius 2 is 2.27 bits per heavy atom. The third-order valence-corrected chi connectivity index (χ3v) is 3.42. The molecule has 15 heavy (non-hydrogen) atoms. The van der Waals surface area contributed by atoms with Gasteiger partial charge in [0.2, 0.25) is 0 Å². The van der Waals surface area contributed by atoms with Crippen LogP contribution in [0.3, 0.4) is 0 Å². The molecular formula is C8H16N2O4S. The molecule has 0 bridgehead atoms. The second kappa shape index (κ2) is 4.91. The minimum Gasteiger partial charge on any atom is -0.466 e. The Kier molecular flexibility index (Phi) is 4.06. The molecule has 1 saturated heterocycles. The van der Waals surface area contributed by atoms with E-state index >= 15 is 0 Å². The molecule has 0 saturated carbocycles. The van der Waals surface area contributed by atoms with Gasteiger partial charge in [0.25, 0.3) is 10.2 Å². The highest BCUT2D eigenvalue weighted by atomic mass is 32.2. The van der Waals surface area contributed by atoms with E-state index in [1.54, 1.807) is 6.92 Å². The van der Waals surface area contributed by atoms with Crippen LogP contribution in [0.25, 0.3) is 0 Å². The normalized spacial score (nSPS) is 23.7. The van der Waals surface area contributed by atoms with E-state index in [-0.39, 0.29) is 18.4 Å². The first-order chi connectivity index (χ1) is 6.95. The van der Waals surface area contributed by atoms with E-state index in [2.05, 4.69) is 0 Å². The Balaban J connectivity index is 2.60. The van der Waals surface area contributed by atoms with Gasteiger partial charge in [0.1, 0.15) is 0 Å². The molecule has 0 radical (unpaired) electrons. The van der Waals surface area contributed by atoms with Gasteiger partial charge in [-0.2, -0.15) is 12.7 Å². The Morgan fingerprint density at radius 1 is 1.60 bits per heavy atom. The molecule has 0 aromatic rings. The van der Waals surface area contributed by atoms with Crippen molar-refractivity contribution in [3.63, 3.8) is 0 Å². The maximum atomic E-state index is 11.4. The molecule has 88 valence electrons. The van der Waals surface area contributed by atoms with Gasteiger partial charge in [0.15, 0.2) is 0 Å². The molecule has 0 aliphatic carbocycles. The van der Waals surface area contributed by atoms with E-state index in [1.165, 1.54) is 0 Å². The lowest BCUT2D eigenvalue weighted by Crippen LogP contribution is -2.45. The van der Waals surface area contributed by atoms with Crippen molar-refractivity contribution in [1.82, 2.24) is 4.31 Å². The van der Waals surface area contributed by atoms with Gasteiger partial charge in [-0.15, -0.1) is 0 Å². The largest absolute Gasteiger partial charge is 0.466 e. The van der Waals surface area contributed by atoms with Crippen LogP contribution in [0.4, 0.5) is 0 Å². The predicted octanol–water partition coefficient (Wildman–Crippen LogP) is -0.535. The molecule has 1 atom stereocenters. The topological polar surface area (TPSA) is 89.7 Å². The zero-order valence-electron chi connectivity index (χ0n) is 8.68. The molecule has 6 nitrogen and oxygen atoms in total. The monoisotopic (exact) mass is 236 g/mol. The standard InChI is InChI=1S/C8H16N2O4S/c1-2-14-8(11)7-4-3-5-10(6-7)15(9,12)13/h7H,2-6H2,1H3,(H2,9,12,13). The Bertz CT molecular complexity index is 328. The second-order valence-corrected chi connectivity index (χ2v) is 5.04. The SMILES string of the molecule is CCOC(=O)C1CCCN(S(N)(=O)=O)C1. The number of carbonyl (C=O) groups is 1. The average Bonchev–Trinajstić information content (AvgIpc) is 2.17. The molecule has 2 N–H and O–H groups in total. The number of hydrogen-bond donors (Lipinski definition) is 1. The van der Waals surface area contributed by atoms with Gasteiger partial charge < -0.3 is 4.74 Å². The summed E-state index contributed by atoms with van der Waals surface area (Å²) in [5.41, 5.74) is 0. The predicted molar refractivity (Wildman–Crippen MR) is 54.0 cm³/mol. The first-order valence-corrected chi connectivity index (χ1v) is 6.40. The number of ether oxygens (including phenoxy) is 1. The van der Waals surface area contributed by atoms with Gasteiger partial charge in [-0.25, -0.2) is 5.14 Å². The molecule has 0 amide bonds. The summed E-state index contributed by atoms with van der Waals surface area (Å²) in [7, 11) is -3.68. The minimum absolute atomic E-state index is 0.137. The number of piperidine rings is 1. The van der Waals surface area contributed by atoms with Crippen molar-refractivity contribution in [2.75, 3.05) is 19.7 Å². The Hall–Kier alpha value is -0.660. The number of nitrogens with two attached hydrogens (primary N) is 1. The van der Waals surface area contributed by atoms with Gasteiger partial charge in [0.05, 0.1) is 12.5 Å². The van der Waals surface area contributed by atoms with E-state index in [9.17, 15) is 13.2 Å². The van der Waals surface area contributed by atoms with Gasteiger partial charge >= 0.3 is 5.97 Å². The number of hydrogen-bond acceptors (Lipinski definition) is 4. The summed E-state index contributed by atoms with van der Waals surface area (Å²) in [6, 6.07) is 0. The highest BCUT2D eigenvalue weighted by Gasteiger charge is 2.31. The number of rotatable bonds is 3. The Morgan fingerprint density at radius 3 is 2.80 bits per heavy atom. The smallest absolute Gasteiger partial charge is 0.310 e. The fraction of sp³-hybridized carbons (Fsp3) is 0.875. The average molecular weight is 236 g/mol. The van der Waals surface area contributed by atoms with E-state index in [0.29, 0.717) is 26.0 Å². The van der Waals surface area contributed by atoms with Crippen molar-refractivity contribution in [2.24, 2.45) is 11.1 Å². The summed E-state index contributed by atoms with van der Waals surface area (Å²) in [5.74, 6) is -0.720. The van der Waals surface area contributed by atoms with Crippen LogP contribution in [0.5, 0.6) is 0 Å². The maximum absolute atomic E-state index is 11.4. The van der Waals surface area contributed by atoms with Gasteiger partial charge in [0, 0.05) is 13.1 Å². The fourth-order valence-corrected chi connectivity index (χ4v) is 2.40. The van der Waals surface area contributed by atoms with E-state index < -0.39 is 10.2 Å². The summed E-state index contributed by atoms with van der Waals surface area (Å²) in [5, 5.41) is 4.99. The van der Waals surface area contributed by atoms with Crippen molar-refractivity contribution >= 4 is 16.2 Å². The summed E-state index contributed by atoms with van der Waals surface area (Å²) in [4.78, 5) is 11.4. The fourth-order valence-electron chi connectivity index (χ4n) is 1.63. The number of nitrogens with zero attached hydrogens (tertiary/aromatic N) is 1. The molecular weight excluding hydrogens is 220 g/mol. The van der Waals surface area contributed by atoms with Crippen LogP contribution in [-0.2, 0) is 19.7 Å². The zero-order valence-corrected chi connectivity index (χ0v) is 9.50. The molecule has 0 spiro atoms. The minimum atomic E-state index is -3.68. The van der Waals surface area contributed by atoms with Crippen LogP contribution < -0.4 is 5.14 Å². The molecule has 1 unspecified atom stereocenters. The third-order valence-electron chi connectivity index (χ3n) is 2.36. The molecule has 1 fully saturated rings. The van der Waals surface area contributed by atoms with E-state index in [1.807, 2.05) is 0 Å². The van der Waals surface area contributed by atoms with E-state index in [0.717, 1.165) is 4.31 Å². The molecule has 0 aromatic heterocycles. The lowest BCUT2D eigenvalue weighted by atomic mass is 10.0. The van der Waals surface area contributed by atoms with Gasteiger partial charge in [-0.3, -0.25) is 4.79 Å². The summed E-state index contributed by atoms with van der Waals surface area (Å²) >= 11 is 0. The molecule has 7 heteroatoms. The lowest BCUT2D eigenvalue weighted by molar-refractivity contribution is -0.149. The summed E-state index contributed by atoms with van der Waals surface area (Å²) < 4.78 is 28.1. The van der Waals surface area contributed by atoms with Crippen LogP contribution in [-0.4, -0.2) is 38.4 Å². The van der Waals surface area contributed by atoms with Gasteiger partial charge in [-0.1, -0.05) is 0 Å². The van der Waals surface area contributed by atoms with E-state index in [4.69, 9.17) is 9.88 Å². The quantitative estimate of drug-likeness (QED) is 0.667. The number of carbonyl (C=O) groups excluding carboxylic acids is 1. The van der Waals surface area contributed by atoms with Crippen molar-refractivity contribution in [2.45, 2.75) is 19.8 Å². The van der Waals surface area contributed by atoms with Crippen molar-refractivity contribution in [1.29, 1.82) is 0 Å². The zero-order chi connectivity index (χ0) is 11.5. The first-order valence-electron chi connectivity index (χ1n) is 4.89. The maximum Gasteiger partial charge on any atom is 0.310 e. The van der Waals surface area contributed by atoms with Crippen LogP contribution in [0, 0.1) is 5.92 Å². The number of esters is 1. The first kappa shape index (κ1) is 12.4. The van der Waals surface area contributed by atoms with Crippen molar-refractivity contribution < 1.29 is 17.9 Å². The highest BCUT2D eigenvalue weighted by Crippen LogP contribution is 2.18. The molecule has 1 rings (SSSR count). The second-order valence-electron chi connectivity index (χ2n) is 3.49. The van der Waals surface area contributed by atoms with Crippen molar-refractivity contribution in [3.05, 3.63) is 0 Å². The summed E-state index contributed by atoms with van der Waals surface area (Å²) in [6.07, 6.45) is 1.30. The van der Waals surface area contributed by atoms with Crippen LogP contribution in [0.1, 0.15) is 19.8 Å². The molecule has 1 heterocycles. The van der Waals surface area contributed by atoms with Crippen LogP contribution in [0.15, 0.2) is 0 Å². The Labute approximate surface area is 89.6 Å². The lowest BCUT2D eigenvalue weighted by Gasteiger charge is -2.28.